The molecule has 1 atom stereocenters. The molecule has 2 aromatic rings. The third-order valence-corrected chi connectivity index (χ3v) is 5.89. The van der Waals surface area contributed by atoms with Crippen molar-refractivity contribution < 1.29 is 23.9 Å². The van der Waals surface area contributed by atoms with E-state index in [4.69, 9.17) is 21.7 Å². The van der Waals surface area contributed by atoms with Crippen LogP contribution in [0.5, 0.6) is 5.75 Å². The van der Waals surface area contributed by atoms with Crippen LogP contribution in [0.4, 0.5) is 0 Å². The van der Waals surface area contributed by atoms with E-state index in [2.05, 4.69) is 10.6 Å². The van der Waals surface area contributed by atoms with Gasteiger partial charge in [0.15, 0.2) is 5.11 Å². The first-order valence-corrected chi connectivity index (χ1v) is 12.2. The van der Waals surface area contributed by atoms with E-state index in [-0.39, 0.29) is 17.4 Å². The van der Waals surface area contributed by atoms with Gasteiger partial charge in [-0.15, -0.1) is 0 Å². The van der Waals surface area contributed by atoms with Gasteiger partial charge in [-0.25, -0.2) is 0 Å². The Kier molecular flexibility index (Phi) is 10.0. The van der Waals surface area contributed by atoms with Crippen LogP contribution in [-0.4, -0.2) is 60.1 Å². The van der Waals surface area contributed by atoms with Gasteiger partial charge >= 0.3 is 5.97 Å². The van der Waals surface area contributed by atoms with E-state index in [0.29, 0.717) is 37.6 Å². The number of carbonyl (C=O) groups excluding carboxylic acids is 3. The molecule has 2 N–H and O–H groups in total. The Morgan fingerprint density at radius 2 is 1.86 bits per heavy atom. The number of carbonyl (C=O) groups is 3. The molecule has 3 rings (SSSR count). The van der Waals surface area contributed by atoms with Crippen LogP contribution in [0.3, 0.4) is 0 Å². The van der Waals surface area contributed by atoms with Crippen LogP contribution in [0.1, 0.15) is 42.1 Å². The molecular weight excluding hydrogens is 466 g/mol. The van der Waals surface area contributed by atoms with Gasteiger partial charge in [0.1, 0.15) is 11.8 Å². The normalized spacial score (nSPS) is 15.2. The van der Waals surface area contributed by atoms with Gasteiger partial charge in [0.05, 0.1) is 19.6 Å². The second kappa shape index (κ2) is 13.4. The molecule has 9 heteroatoms. The second-order valence-corrected chi connectivity index (χ2v) is 8.53. The summed E-state index contributed by atoms with van der Waals surface area (Å²) in [7, 11) is 0. The first kappa shape index (κ1) is 26.2. The maximum absolute atomic E-state index is 12.7. The van der Waals surface area contributed by atoms with E-state index < -0.39 is 17.9 Å². The predicted octanol–water partition coefficient (Wildman–Crippen LogP) is 2.86. The van der Waals surface area contributed by atoms with E-state index in [1.165, 1.54) is 5.56 Å². The molecular formula is C26H31N3O5S. The lowest BCUT2D eigenvalue weighted by Crippen LogP contribution is -2.60. The zero-order valence-corrected chi connectivity index (χ0v) is 20.6. The molecule has 0 aromatic heterocycles. The van der Waals surface area contributed by atoms with Gasteiger partial charge in [0.25, 0.3) is 5.91 Å². The van der Waals surface area contributed by atoms with Crippen molar-refractivity contribution in [3.63, 3.8) is 0 Å². The number of nitrogens with one attached hydrogen (secondary N) is 2. The van der Waals surface area contributed by atoms with Crippen LogP contribution in [0, 0.1) is 0 Å². The van der Waals surface area contributed by atoms with Crippen molar-refractivity contribution in [3.05, 3.63) is 65.7 Å². The number of amides is 2. The Hall–Kier alpha value is -3.46. The van der Waals surface area contributed by atoms with Crippen molar-refractivity contribution in [2.75, 3.05) is 26.3 Å². The number of thiocarbonyl (C=S) groups is 1. The van der Waals surface area contributed by atoms with Crippen LogP contribution in [0.15, 0.2) is 54.6 Å². The Morgan fingerprint density at radius 3 is 2.57 bits per heavy atom. The van der Waals surface area contributed by atoms with Gasteiger partial charge in [-0.3, -0.25) is 19.7 Å². The molecule has 1 fully saturated rings. The SMILES string of the molecule is CCCCOC(=O)CC1C(=O)NCCN1C(=S)NC(=O)c1ccc(OCCc2ccccc2)cc1. The average Bonchev–Trinajstić information content (AvgIpc) is 2.86. The largest absolute Gasteiger partial charge is 0.493 e. The van der Waals surface area contributed by atoms with E-state index in [1.54, 1.807) is 29.2 Å². The summed E-state index contributed by atoms with van der Waals surface area (Å²) < 4.78 is 11.0. The first-order chi connectivity index (χ1) is 17.0. The second-order valence-electron chi connectivity index (χ2n) is 8.15. The number of rotatable bonds is 10. The highest BCUT2D eigenvalue weighted by Crippen LogP contribution is 2.14. The fraction of sp³-hybridized carbons (Fsp3) is 0.385. The summed E-state index contributed by atoms with van der Waals surface area (Å²) >= 11 is 5.41. The molecule has 0 radical (unpaired) electrons. The Morgan fingerprint density at radius 1 is 1.11 bits per heavy atom. The summed E-state index contributed by atoms with van der Waals surface area (Å²) in [5.41, 5.74) is 1.59. The van der Waals surface area contributed by atoms with Gasteiger partial charge in [-0.05, 0) is 48.5 Å². The van der Waals surface area contributed by atoms with Crippen LogP contribution < -0.4 is 15.4 Å². The zero-order chi connectivity index (χ0) is 25.0. The van der Waals surface area contributed by atoms with Crippen LogP contribution in [-0.2, 0) is 20.7 Å². The lowest BCUT2D eigenvalue weighted by atomic mass is 10.1. The highest BCUT2D eigenvalue weighted by atomic mass is 32.1. The van der Waals surface area contributed by atoms with Crippen molar-refractivity contribution in [3.8, 4) is 5.75 Å². The Balaban J connectivity index is 1.52. The number of piperazine rings is 1. The fourth-order valence-corrected chi connectivity index (χ4v) is 3.89. The van der Waals surface area contributed by atoms with Gasteiger partial charge in [-0.2, -0.15) is 0 Å². The van der Waals surface area contributed by atoms with E-state index >= 15 is 0 Å². The number of unbranched alkanes of at least 4 members (excludes halogenated alkanes) is 1. The van der Waals surface area contributed by atoms with Crippen molar-refractivity contribution in [1.29, 1.82) is 0 Å². The van der Waals surface area contributed by atoms with E-state index in [9.17, 15) is 14.4 Å². The minimum absolute atomic E-state index is 0.0967. The number of benzene rings is 2. The molecule has 0 aliphatic carbocycles. The van der Waals surface area contributed by atoms with E-state index in [1.807, 2.05) is 37.3 Å². The standard InChI is InChI=1S/C26H31N3O5S/c1-2-3-16-34-23(30)18-22-25(32)27-14-15-29(22)26(35)28-24(31)20-9-11-21(12-10-20)33-17-13-19-7-5-4-6-8-19/h4-12,22H,2-3,13-18H2,1H3,(H,27,32)(H,28,31,35). The molecule has 1 aliphatic heterocycles. The summed E-state index contributed by atoms with van der Waals surface area (Å²) in [4.78, 5) is 38.9. The van der Waals surface area contributed by atoms with E-state index in [0.717, 1.165) is 19.3 Å². The summed E-state index contributed by atoms with van der Waals surface area (Å²) in [6.07, 6.45) is 2.31. The van der Waals surface area contributed by atoms with Crippen molar-refractivity contribution in [1.82, 2.24) is 15.5 Å². The van der Waals surface area contributed by atoms with Gasteiger partial charge < -0.3 is 19.7 Å². The summed E-state index contributed by atoms with van der Waals surface area (Å²) in [5, 5.41) is 5.50. The number of hydrogen-bond donors (Lipinski definition) is 2. The monoisotopic (exact) mass is 497 g/mol. The van der Waals surface area contributed by atoms with Crippen molar-refractivity contribution in [2.24, 2.45) is 0 Å². The number of nitrogens with zero attached hydrogens (tertiary/aromatic N) is 1. The topological polar surface area (TPSA) is 97.0 Å². The van der Waals surface area contributed by atoms with Crippen molar-refractivity contribution >= 4 is 35.1 Å². The minimum atomic E-state index is -0.828. The zero-order valence-electron chi connectivity index (χ0n) is 19.8. The quantitative estimate of drug-likeness (QED) is 0.296. The average molecular weight is 498 g/mol. The lowest BCUT2D eigenvalue weighted by Gasteiger charge is -2.36. The lowest BCUT2D eigenvalue weighted by molar-refractivity contribution is -0.147. The summed E-state index contributed by atoms with van der Waals surface area (Å²) in [6, 6.07) is 16.0. The van der Waals surface area contributed by atoms with Crippen LogP contribution >= 0.6 is 12.2 Å². The Bertz CT molecular complexity index is 1010. The molecule has 8 nitrogen and oxygen atoms in total. The predicted molar refractivity (Wildman–Crippen MR) is 136 cm³/mol. The number of esters is 1. The molecule has 35 heavy (non-hydrogen) atoms. The highest BCUT2D eigenvalue weighted by molar-refractivity contribution is 7.80. The molecule has 1 heterocycles. The van der Waals surface area contributed by atoms with Crippen LogP contribution in [0.2, 0.25) is 0 Å². The molecule has 1 saturated heterocycles. The molecule has 1 aliphatic rings. The maximum Gasteiger partial charge on any atom is 0.308 e. The number of ether oxygens (including phenoxy) is 2. The Labute approximate surface area is 211 Å². The summed E-state index contributed by atoms with van der Waals surface area (Å²) in [5.74, 6) is -0.532. The molecule has 2 amide bonds. The summed E-state index contributed by atoms with van der Waals surface area (Å²) in [6.45, 7) is 3.59. The van der Waals surface area contributed by atoms with Crippen molar-refractivity contribution in [2.45, 2.75) is 38.6 Å². The fourth-order valence-electron chi connectivity index (χ4n) is 3.58. The van der Waals surface area contributed by atoms with Gasteiger partial charge in [0.2, 0.25) is 5.91 Å². The van der Waals surface area contributed by atoms with Crippen LogP contribution in [0.25, 0.3) is 0 Å². The maximum atomic E-state index is 12.7. The molecule has 0 spiro atoms. The van der Waals surface area contributed by atoms with Gasteiger partial charge in [0, 0.05) is 25.1 Å². The first-order valence-electron chi connectivity index (χ1n) is 11.8. The molecule has 0 bridgehead atoms. The third kappa shape index (κ3) is 8.06. The minimum Gasteiger partial charge on any atom is -0.493 e. The third-order valence-electron chi connectivity index (χ3n) is 5.55. The molecule has 2 aromatic carbocycles. The smallest absolute Gasteiger partial charge is 0.308 e. The molecule has 1 unspecified atom stereocenters. The molecule has 0 saturated carbocycles. The number of hydrogen-bond acceptors (Lipinski definition) is 6. The van der Waals surface area contributed by atoms with Gasteiger partial charge in [-0.1, -0.05) is 43.7 Å². The highest BCUT2D eigenvalue weighted by Gasteiger charge is 2.34. The molecule has 186 valence electrons.